The molecule has 0 saturated heterocycles. The zero-order valence-corrected chi connectivity index (χ0v) is 13.5. The lowest BCUT2D eigenvalue weighted by molar-refractivity contribution is 0.156. The van der Waals surface area contributed by atoms with E-state index in [-0.39, 0.29) is 21.6 Å². The Balaban J connectivity index is 2.12. The Morgan fingerprint density at radius 2 is 2.10 bits per heavy atom. The molecule has 1 saturated carbocycles. The lowest BCUT2D eigenvalue weighted by atomic mass is 9.97. The van der Waals surface area contributed by atoms with Crippen molar-refractivity contribution >= 4 is 31.5 Å². The van der Waals surface area contributed by atoms with E-state index in [0.29, 0.717) is 18.5 Å². The van der Waals surface area contributed by atoms with Gasteiger partial charge in [-0.1, -0.05) is 0 Å². The average Bonchev–Trinajstić information content (AvgIpc) is 2.35. The van der Waals surface area contributed by atoms with Crippen molar-refractivity contribution in [1.29, 1.82) is 0 Å². The molecule has 2 N–H and O–H groups in total. The smallest absolute Gasteiger partial charge is 0.150 e. The molecule has 1 aromatic carbocycles. The lowest BCUT2D eigenvalue weighted by Gasteiger charge is -2.29. The zero-order valence-electron chi connectivity index (χ0n) is 11.1. The minimum Gasteiger partial charge on any atom is -0.488 e. The van der Waals surface area contributed by atoms with E-state index in [9.17, 15) is 12.8 Å². The van der Waals surface area contributed by atoms with Gasteiger partial charge in [0.2, 0.25) is 0 Å². The van der Waals surface area contributed by atoms with E-state index in [0.717, 1.165) is 12.8 Å². The van der Waals surface area contributed by atoms with E-state index in [1.54, 1.807) is 0 Å². The molecule has 0 aliphatic heterocycles. The topological polar surface area (TPSA) is 69.4 Å². The van der Waals surface area contributed by atoms with Gasteiger partial charge in [-0.3, -0.25) is 0 Å². The Hall–Kier alpha value is -0.820. The average molecular weight is 366 g/mol. The summed E-state index contributed by atoms with van der Waals surface area (Å²) in [6.07, 6.45) is 3.61. The van der Waals surface area contributed by atoms with Crippen molar-refractivity contribution in [2.45, 2.75) is 37.0 Å². The van der Waals surface area contributed by atoms with Gasteiger partial charge in [0.25, 0.3) is 0 Å². The van der Waals surface area contributed by atoms with Crippen LogP contribution in [-0.4, -0.2) is 26.0 Å². The molecule has 1 aliphatic rings. The number of benzene rings is 1. The van der Waals surface area contributed by atoms with Crippen molar-refractivity contribution in [3.05, 3.63) is 22.4 Å². The van der Waals surface area contributed by atoms with Gasteiger partial charge in [0.1, 0.15) is 27.5 Å². The van der Waals surface area contributed by atoms with Crippen LogP contribution in [0.25, 0.3) is 0 Å². The minimum absolute atomic E-state index is 0.244. The van der Waals surface area contributed by atoms with Crippen molar-refractivity contribution < 1.29 is 17.5 Å². The van der Waals surface area contributed by atoms with Crippen molar-refractivity contribution in [2.75, 3.05) is 12.0 Å². The zero-order chi connectivity index (χ0) is 14.9. The molecule has 7 heteroatoms. The van der Waals surface area contributed by atoms with Crippen LogP contribution in [0.3, 0.4) is 0 Å². The molecule has 0 amide bonds. The molecule has 0 aromatic heterocycles. The van der Waals surface area contributed by atoms with E-state index >= 15 is 0 Å². The number of anilines is 1. The van der Waals surface area contributed by atoms with Gasteiger partial charge in [-0.15, -0.1) is 0 Å². The van der Waals surface area contributed by atoms with Gasteiger partial charge in [-0.2, -0.15) is 0 Å². The first kappa shape index (κ1) is 15.6. The second kappa shape index (κ2) is 5.89. The Morgan fingerprint density at radius 3 is 2.75 bits per heavy atom. The normalized spacial score (nSPS) is 23.6. The number of halogens is 2. The number of nitrogens with two attached hydrogens (primary N) is 1. The molecular formula is C13H17BrFNO3S. The Morgan fingerprint density at radius 1 is 1.40 bits per heavy atom. The predicted molar refractivity (Wildman–Crippen MR) is 80.0 cm³/mol. The van der Waals surface area contributed by atoms with Crippen LogP contribution in [0.5, 0.6) is 5.75 Å². The highest BCUT2D eigenvalue weighted by Gasteiger charge is 2.30. The van der Waals surface area contributed by atoms with Gasteiger partial charge in [0.15, 0.2) is 0 Å². The van der Waals surface area contributed by atoms with Crippen LogP contribution in [0.1, 0.15) is 25.7 Å². The summed E-state index contributed by atoms with van der Waals surface area (Å²) in [5.41, 5.74) is 6.12. The first-order valence-corrected chi connectivity index (χ1v) is 9.12. The van der Waals surface area contributed by atoms with Crippen molar-refractivity contribution in [1.82, 2.24) is 0 Å². The maximum Gasteiger partial charge on any atom is 0.150 e. The van der Waals surface area contributed by atoms with Crippen LogP contribution < -0.4 is 10.5 Å². The van der Waals surface area contributed by atoms with Gasteiger partial charge in [-0.25, -0.2) is 12.8 Å². The molecule has 0 radical (unpaired) electrons. The molecule has 112 valence electrons. The Labute approximate surface area is 126 Å². The van der Waals surface area contributed by atoms with E-state index in [1.165, 1.54) is 18.4 Å². The lowest BCUT2D eigenvalue weighted by Crippen LogP contribution is -2.33. The van der Waals surface area contributed by atoms with E-state index in [1.807, 2.05) is 0 Å². The standard InChI is InChI=1S/C13H17BrFNO3S/c1-20(17,18)9-4-2-3-8(5-9)19-13-7-11(15)10(14)6-12(13)16/h6-9H,2-5,16H2,1H3. The number of hydrogen-bond acceptors (Lipinski definition) is 4. The molecule has 2 rings (SSSR count). The molecule has 0 bridgehead atoms. The van der Waals surface area contributed by atoms with E-state index in [4.69, 9.17) is 10.5 Å². The number of sulfone groups is 1. The molecule has 1 fully saturated rings. The van der Waals surface area contributed by atoms with Gasteiger partial charge < -0.3 is 10.5 Å². The van der Waals surface area contributed by atoms with Crippen molar-refractivity contribution in [3.8, 4) is 5.75 Å². The maximum absolute atomic E-state index is 13.5. The van der Waals surface area contributed by atoms with Crippen LogP contribution in [0, 0.1) is 5.82 Å². The van der Waals surface area contributed by atoms with Gasteiger partial charge in [0, 0.05) is 18.7 Å². The van der Waals surface area contributed by atoms with E-state index < -0.39 is 15.7 Å². The van der Waals surface area contributed by atoms with Gasteiger partial charge in [-0.05, 0) is 41.3 Å². The number of rotatable bonds is 3. The van der Waals surface area contributed by atoms with Crippen LogP contribution in [0.2, 0.25) is 0 Å². The summed E-state index contributed by atoms with van der Waals surface area (Å²) in [6.45, 7) is 0. The summed E-state index contributed by atoms with van der Waals surface area (Å²) in [7, 11) is -3.07. The molecule has 0 spiro atoms. The van der Waals surface area contributed by atoms with Crippen LogP contribution >= 0.6 is 15.9 Å². The third-order valence-corrected chi connectivity index (χ3v) is 5.78. The molecule has 1 aliphatic carbocycles. The first-order chi connectivity index (χ1) is 9.27. The van der Waals surface area contributed by atoms with Crippen molar-refractivity contribution in [2.24, 2.45) is 0 Å². The summed E-state index contributed by atoms with van der Waals surface area (Å²) in [5.74, 6) is -0.186. The molecule has 4 nitrogen and oxygen atoms in total. The quantitative estimate of drug-likeness (QED) is 0.836. The fraction of sp³-hybridized carbons (Fsp3) is 0.538. The van der Waals surface area contributed by atoms with Crippen LogP contribution in [-0.2, 0) is 9.84 Å². The van der Waals surface area contributed by atoms with Crippen LogP contribution in [0.15, 0.2) is 16.6 Å². The highest BCUT2D eigenvalue weighted by atomic mass is 79.9. The first-order valence-electron chi connectivity index (χ1n) is 6.37. The highest BCUT2D eigenvalue weighted by Crippen LogP contribution is 2.32. The summed E-state index contributed by atoms with van der Waals surface area (Å²) >= 11 is 3.05. The predicted octanol–water partition coefficient (Wildman–Crippen LogP) is 2.91. The third-order valence-electron chi connectivity index (χ3n) is 3.53. The summed E-state index contributed by atoms with van der Waals surface area (Å²) < 4.78 is 42.7. The van der Waals surface area contributed by atoms with E-state index in [2.05, 4.69) is 15.9 Å². The molecule has 2 atom stereocenters. The number of hydrogen-bond donors (Lipinski definition) is 1. The van der Waals surface area contributed by atoms with Gasteiger partial charge in [0.05, 0.1) is 15.4 Å². The Kier molecular flexibility index (Phi) is 4.59. The number of ether oxygens (including phenoxy) is 1. The largest absolute Gasteiger partial charge is 0.488 e. The molecule has 20 heavy (non-hydrogen) atoms. The molecular weight excluding hydrogens is 349 g/mol. The second-order valence-electron chi connectivity index (χ2n) is 5.16. The highest BCUT2D eigenvalue weighted by molar-refractivity contribution is 9.10. The minimum atomic E-state index is -3.07. The monoisotopic (exact) mass is 365 g/mol. The van der Waals surface area contributed by atoms with Crippen LogP contribution in [0.4, 0.5) is 10.1 Å². The van der Waals surface area contributed by atoms with Crippen molar-refractivity contribution in [3.63, 3.8) is 0 Å². The fourth-order valence-electron chi connectivity index (χ4n) is 2.42. The summed E-state index contributed by atoms with van der Waals surface area (Å²) in [6, 6.07) is 2.67. The summed E-state index contributed by atoms with van der Waals surface area (Å²) in [5, 5.41) is -0.386. The van der Waals surface area contributed by atoms with Gasteiger partial charge >= 0.3 is 0 Å². The maximum atomic E-state index is 13.5. The molecule has 1 aromatic rings. The second-order valence-corrected chi connectivity index (χ2v) is 8.34. The third kappa shape index (κ3) is 3.63. The number of nitrogen functional groups attached to an aromatic ring is 1. The fourth-order valence-corrected chi connectivity index (χ4v) is 3.94. The molecule has 0 heterocycles. The summed E-state index contributed by atoms with van der Waals surface area (Å²) in [4.78, 5) is 0. The Bertz CT molecular complexity index is 606. The molecule has 2 unspecified atom stereocenters. The SMILES string of the molecule is CS(=O)(=O)C1CCCC(Oc2cc(F)c(Br)cc2N)C1.